The molecule has 5 heteroatoms. The normalized spacial score (nSPS) is 14.2. The summed E-state index contributed by atoms with van der Waals surface area (Å²) in [5, 5.41) is 0.860. The van der Waals surface area contributed by atoms with Crippen molar-refractivity contribution in [3.63, 3.8) is 0 Å². The minimum atomic E-state index is 0.213. The van der Waals surface area contributed by atoms with Crippen molar-refractivity contribution in [3.8, 4) is 16.9 Å². The fraction of sp³-hybridized carbons (Fsp3) is 0.304. The number of amides is 1. The van der Waals surface area contributed by atoms with E-state index in [1.54, 1.807) is 0 Å². The number of rotatable bonds is 5. The molecule has 144 valence electrons. The molecule has 4 rings (SSSR count). The minimum Gasteiger partial charge on any atom is -0.342 e. The number of piperidine rings is 1. The predicted octanol–water partition coefficient (Wildman–Crippen LogP) is 4.95. The first kappa shape index (κ1) is 18.8. The first-order chi connectivity index (χ1) is 13.7. The third kappa shape index (κ3) is 3.99. The van der Waals surface area contributed by atoms with Crippen molar-refractivity contribution in [2.45, 2.75) is 31.3 Å². The zero-order chi connectivity index (χ0) is 19.3. The van der Waals surface area contributed by atoms with Gasteiger partial charge in [-0.2, -0.15) is 0 Å². The van der Waals surface area contributed by atoms with Crippen LogP contribution < -0.4 is 0 Å². The first-order valence-corrected chi connectivity index (χ1v) is 10.8. The van der Waals surface area contributed by atoms with E-state index in [9.17, 15) is 4.79 Å². The van der Waals surface area contributed by atoms with E-state index in [0.29, 0.717) is 5.75 Å². The lowest BCUT2D eigenvalue weighted by Crippen LogP contribution is -2.36. The van der Waals surface area contributed by atoms with Gasteiger partial charge in [0.25, 0.3) is 0 Å². The molecule has 1 aromatic heterocycles. The van der Waals surface area contributed by atoms with E-state index in [1.807, 2.05) is 41.4 Å². The van der Waals surface area contributed by atoms with E-state index in [2.05, 4.69) is 40.7 Å². The lowest BCUT2D eigenvalue weighted by atomic mass is 10.1. The van der Waals surface area contributed by atoms with Crippen molar-refractivity contribution >= 4 is 17.7 Å². The molecule has 0 radical (unpaired) electrons. The van der Waals surface area contributed by atoms with E-state index >= 15 is 0 Å². The third-order valence-electron chi connectivity index (χ3n) is 5.19. The van der Waals surface area contributed by atoms with Crippen molar-refractivity contribution < 1.29 is 4.79 Å². The highest BCUT2D eigenvalue weighted by atomic mass is 32.2. The third-order valence-corrected chi connectivity index (χ3v) is 6.13. The molecule has 1 saturated heterocycles. The van der Waals surface area contributed by atoms with E-state index in [4.69, 9.17) is 0 Å². The van der Waals surface area contributed by atoms with Gasteiger partial charge in [0.2, 0.25) is 5.91 Å². The Morgan fingerprint density at radius 2 is 1.71 bits per heavy atom. The standard InChI is InChI=1S/C23H25N3OS/c1-18-10-6-7-13-20(18)26-21(19-11-4-2-5-12-19)16-24-23(26)28-17-22(27)25-14-8-3-9-15-25/h2,4-7,10-13,16H,3,8-9,14-15,17H2,1H3. The van der Waals surface area contributed by atoms with Crippen LogP contribution in [0.3, 0.4) is 0 Å². The summed E-state index contributed by atoms with van der Waals surface area (Å²) in [6.07, 6.45) is 5.38. The van der Waals surface area contributed by atoms with Crippen molar-refractivity contribution in [2.24, 2.45) is 0 Å². The van der Waals surface area contributed by atoms with E-state index in [-0.39, 0.29) is 5.91 Å². The maximum absolute atomic E-state index is 12.6. The van der Waals surface area contributed by atoms with E-state index < -0.39 is 0 Å². The van der Waals surface area contributed by atoms with Crippen LogP contribution in [0.15, 0.2) is 66.0 Å². The minimum absolute atomic E-state index is 0.213. The molecule has 28 heavy (non-hydrogen) atoms. The number of aromatic nitrogens is 2. The molecule has 1 fully saturated rings. The van der Waals surface area contributed by atoms with Crippen LogP contribution in [0.5, 0.6) is 0 Å². The molecule has 2 aromatic carbocycles. The molecule has 0 saturated carbocycles. The summed E-state index contributed by atoms with van der Waals surface area (Å²) in [5.41, 5.74) is 4.45. The monoisotopic (exact) mass is 391 g/mol. The fourth-order valence-corrected chi connectivity index (χ4v) is 4.55. The van der Waals surface area contributed by atoms with Crippen molar-refractivity contribution in [1.82, 2.24) is 14.5 Å². The summed E-state index contributed by atoms with van der Waals surface area (Å²) < 4.78 is 2.18. The highest BCUT2D eigenvalue weighted by Gasteiger charge is 2.20. The first-order valence-electron chi connectivity index (χ1n) is 9.84. The van der Waals surface area contributed by atoms with Crippen LogP contribution >= 0.6 is 11.8 Å². The number of aryl methyl sites for hydroxylation is 1. The summed E-state index contributed by atoms with van der Waals surface area (Å²) in [4.78, 5) is 19.3. The molecule has 1 aliphatic heterocycles. The quantitative estimate of drug-likeness (QED) is 0.578. The van der Waals surface area contributed by atoms with Gasteiger partial charge >= 0.3 is 0 Å². The van der Waals surface area contributed by atoms with Crippen LogP contribution in [-0.2, 0) is 4.79 Å². The Morgan fingerprint density at radius 3 is 2.46 bits per heavy atom. The van der Waals surface area contributed by atoms with E-state index in [0.717, 1.165) is 48.0 Å². The highest BCUT2D eigenvalue weighted by molar-refractivity contribution is 7.99. The molecule has 1 amide bonds. The van der Waals surface area contributed by atoms with Gasteiger partial charge in [0, 0.05) is 18.7 Å². The average molecular weight is 392 g/mol. The Labute approximate surface area is 170 Å². The molecule has 4 nitrogen and oxygen atoms in total. The van der Waals surface area contributed by atoms with Crippen LogP contribution in [0.2, 0.25) is 0 Å². The zero-order valence-corrected chi connectivity index (χ0v) is 17.0. The molecule has 1 aliphatic rings. The van der Waals surface area contributed by atoms with Crippen LogP contribution in [0.25, 0.3) is 16.9 Å². The number of nitrogens with zero attached hydrogens (tertiary/aromatic N) is 3. The number of imidazole rings is 1. The molecule has 0 unspecified atom stereocenters. The fourth-order valence-electron chi connectivity index (χ4n) is 3.66. The topological polar surface area (TPSA) is 38.1 Å². The van der Waals surface area contributed by atoms with Crippen molar-refractivity contribution in [3.05, 3.63) is 66.4 Å². The van der Waals surface area contributed by atoms with Gasteiger partial charge in [-0.3, -0.25) is 9.36 Å². The van der Waals surface area contributed by atoms with Gasteiger partial charge in [0.1, 0.15) is 0 Å². The van der Waals surface area contributed by atoms with Gasteiger partial charge in [-0.25, -0.2) is 4.98 Å². The summed E-state index contributed by atoms with van der Waals surface area (Å²) in [6, 6.07) is 18.6. The molecule has 3 aromatic rings. The second-order valence-corrected chi connectivity index (χ2v) is 8.09. The molecule has 0 aliphatic carbocycles. The Hall–Kier alpha value is -2.53. The second-order valence-electron chi connectivity index (χ2n) is 7.14. The number of carbonyl (C=O) groups is 1. The molecular formula is C23H25N3OS. The molecule has 2 heterocycles. The Morgan fingerprint density at radius 1 is 1.00 bits per heavy atom. The molecular weight excluding hydrogens is 366 g/mol. The average Bonchev–Trinajstić information content (AvgIpc) is 3.17. The Bertz CT molecular complexity index is 945. The number of hydrogen-bond acceptors (Lipinski definition) is 3. The molecule has 0 bridgehead atoms. The van der Waals surface area contributed by atoms with Crippen molar-refractivity contribution in [1.29, 1.82) is 0 Å². The van der Waals surface area contributed by atoms with Gasteiger partial charge in [0.05, 0.1) is 23.3 Å². The van der Waals surface area contributed by atoms with Gasteiger partial charge in [-0.15, -0.1) is 0 Å². The lowest BCUT2D eigenvalue weighted by molar-refractivity contribution is -0.129. The van der Waals surface area contributed by atoms with Crippen LogP contribution in [0.1, 0.15) is 24.8 Å². The van der Waals surface area contributed by atoms with Crippen LogP contribution in [-0.4, -0.2) is 39.2 Å². The summed E-state index contributed by atoms with van der Waals surface area (Å²) in [7, 11) is 0. The molecule has 0 atom stereocenters. The highest BCUT2D eigenvalue weighted by Crippen LogP contribution is 2.31. The zero-order valence-electron chi connectivity index (χ0n) is 16.2. The number of hydrogen-bond donors (Lipinski definition) is 0. The number of likely N-dealkylation sites (tertiary alicyclic amines) is 1. The van der Waals surface area contributed by atoms with Crippen LogP contribution in [0, 0.1) is 6.92 Å². The van der Waals surface area contributed by atoms with Gasteiger partial charge in [-0.1, -0.05) is 60.3 Å². The number of carbonyl (C=O) groups excluding carboxylic acids is 1. The van der Waals surface area contributed by atoms with E-state index in [1.165, 1.54) is 23.7 Å². The molecule has 0 N–H and O–H groups in total. The maximum atomic E-state index is 12.6. The predicted molar refractivity (Wildman–Crippen MR) is 115 cm³/mol. The van der Waals surface area contributed by atoms with Crippen LogP contribution in [0.4, 0.5) is 0 Å². The number of para-hydroxylation sites is 1. The summed E-state index contributed by atoms with van der Waals surface area (Å²) >= 11 is 1.53. The Kier molecular flexibility index (Phi) is 5.81. The van der Waals surface area contributed by atoms with Gasteiger partial charge in [-0.05, 0) is 37.8 Å². The summed E-state index contributed by atoms with van der Waals surface area (Å²) in [6.45, 7) is 3.89. The van der Waals surface area contributed by atoms with Crippen molar-refractivity contribution in [2.75, 3.05) is 18.8 Å². The molecule has 0 spiro atoms. The van der Waals surface area contributed by atoms with Gasteiger partial charge < -0.3 is 4.90 Å². The summed E-state index contributed by atoms with van der Waals surface area (Å²) in [5.74, 6) is 0.641. The second kappa shape index (κ2) is 8.65. The lowest BCUT2D eigenvalue weighted by Gasteiger charge is -2.26. The maximum Gasteiger partial charge on any atom is 0.233 e. The largest absolute Gasteiger partial charge is 0.342 e. The Balaban J connectivity index is 1.65. The SMILES string of the molecule is Cc1ccccc1-n1c(-c2ccccc2)cnc1SCC(=O)N1CCCCC1. The smallest absolute Gasteiger partial charge is 0.233 e. The number of benzene rings is 2. The number of thioether (sulfide) groups is 1. The van der Waals surface area contributed by atoms with Gasteiger partial charge in [0.15, 0.2) is 5.16 Å².